The zero-order valence-corrected chi connectivity index (χ0v) is 17.4. The van der Waals surface area contributed by atoms with E-state index in [0.29, 0.717) is 5.56 Å². The van der Waals surface area contributed by atoms with E-state index in [4.69, 9.17) is 4.74 Å². The Morgan fingerprint density at radius 1 is 1.10 bits per heavy atom. The van der Waals surface area contributed by atoms with Crippen molar-refractivity contribution in [3.8, 4) is 0 Å². The first kappa shape index (κ1) is 22.1. The maximum Gasteiger partial charge on any atom is 0.329 e. The summed E-state index contributed by atoms with van der Waals surface area (Å²) in [5.41, 5.74) is 1.38. The lowest BCUT2D eigenvalue weighted by atomic mass is 9.95. The summed E-state index contributed by atoms with van der Waals surface area (Å²) in [7, 11) is 0. The summed E-state index contributed by atoms with van der Waals surface area (Å²) in [6, 6.07) is 5.43. The van der Waals surface area contributed by atoms with Crippen molar-refractivity contribution in [3.05, 3.63) is 79.1 Å². The van der Waals surface area contributed by atoms with Gasteiger partial charge in [-0.25, -0.2) is 4.79 Å². The van der Waals surface area contributed by atoms with Crippen LogP contribution in [0, 0.1) is 13.8 Å². The normalized spacial score (nSPS) is 11.2. The van der Waals surface area contributed by atoms with E-state index in [1.807, 2.05) is 19.9 Å². The van der Waals surface area contributed by atoms with Gasteiger partial charge in [-0.2, -0.15) is 0 Å². The predicted molar refractivity (Wildman–Crippen MR) is 111 cm³/mol. The Bertz CT molecular complexity index is 1050. The first-order chi connectivity index (χ1) is 13.6. The van der Waals surface area contributed by atoms with Crippen molar-refractivity contribution in [2.45, 2.75) is 47.1 Å². The van der Waals surface area contributed by atoms with Crippen LogP contribution in [0.3, 0.4) is 0 Å². The van der Waals surface area contributed by atoms with Crippen LogP contribution in [-0.4, -0.2) is 27.9 Å². The van der Waals surface area contributed by atoms with Gasteiger partial charge in [-0.1, -0.05) is 37.1 Å². The molecule has 29 heavy (non-hydrogen) atoms. The van der Waals surface area contributed by atoms with E-state index in [-0.39, 0.29) is 36.1 Å². The Balaban J connectivity index is 2.60. The monoisotopic (exact) mass is 398 g/mol. The summed E-state index contributed by atoms with van der Waals surface area (Å²) in [4.78, 5) is 51.5. The SMILES string of the molecule is CC(=O)OC/C=C/Cn1c(C(=O)c2cc(C)cc(C)c2)c(C(C)C)c(=O)[nH]c1=O. The number of carbonyl (C=O) groups is 2. The number of ketones is 1. The number of esters is 1. The third kappa shape index (κ3) is 5.40. The third-order valence-electron chi connectivity index (χ3n) is 4.35. The summed E-state index contributed by atoms with van der Waals surface area (Å²) in [5.74, 6) is -1.05. The van der Waals surface area contributed by atoms with Crippen molar-refractivity contribution in [1.29, 1.82) is 0 Å². The maximum absolute atomic E-state index is 13.4. The molecular formula is C22H26N2O5. The van der Waals surface area contributed by atoms with E-state index in [0.717, 1.165) is 11.1 Å². The molecule has 0 aliphatic rings. The van der Waals surface area contributed by atoms with Gasteiger partial charge >= 0.3 is 11.7 Å². The summed E-state index contributed by atoms with van der Waals surface area (Å²) in [5, 5.41) is 0. The number of ether oxygens (including phenoxy) is 1. The van der Waals surface area contributed by atoms with Crippen molar-refractivity contribution < 1.29 is 14.3 Å². The van der Waals surface area contributed by atoms with Crippen molar-refractivity contribution in [3.63, 3.8) is 0 Å². The van der Waals surface area contributed by atoms with Gasteiger partial charge in [0.15, 0.2) is 0 Å². The van der Waals surface area contributed by atoms with Crippen LogP contribution in [0.25, 0.3) is 0 Å². The largest absolute Gasteiger partial charge is 0.462 e. The van der Waals surface area contributed by atoms with Gasteiger partial charge in [-0.15, -0.1) is 0 Å². The minimum atomic E-state index is -0.663. The van der Waals surface area contributed by atoms with Crippen LogP contribution >= 0.6 is 0 Å². The topological polar surface area (TPSA) is 98.2 Å². The highest BCUT2D eigenvalue weighted by Crippen LogP contribution is 2.19. The molecule has 0 spiro atoms. The van der Waals surface area contributed by atoms with E-state index < -0.39 is 17.2 Å². The number of nitrogens with one attached hydrogen (secondary N) is 1. The fourth-order valence-corrected chi connectivity index (χ4v) is 3.20. The molecule has 1 N–H and O–H groups in total. The van der Waals surface area contributed by atoms with Gasteiger partial charge in [0.1, 0.15) is 12.3 Å². The minimum absolute atomic E-state index is 0.0580. The fourth-order valence-electron chi connectivity index (χ4n) is 3.20. The van der Waals surface area contributed by atoms with Crippen LogP contribution in [0.2, 0.25) is 0 Å². The highest BCUT2D eigenvalue weighted by Gasteiger charge is 2.24. The van der Waals surface area contributed by atoms with Crippen molar-refractivity contribution >= 4 is 11.8 Å². The molecule has 7 nitrogen and oxygen atoms in total. The van der Waals surface area contributed by atoms with E-state index in [9.17, 15) is 19.2 Å². The molecule has 0 unspecified atom stereocenters. The van der Waals surface area contributed by atoms with Gasteiger partial charge in [0, 0.05) is 24.6 Å². The molecular weight excluding hydrogens is 372 g/mol. The summed E-state index contributed by atoms with van der Waals surface area (Å²) in [6.45, 7) is 8.79. The van der Waals surface area contributed by atoms with Crippen LogP contribution < -0.4 is 11.2 Å². The summed E-state index contributed by atoms with van der Waals surface area (Å²) in [6.07, 6.45) is 3.20. The van der Waals surface area contributed by atoms with Crippen LogP contribution in [0.15, 0.2) is 39.9 Å². The molecule has 0 aliphatic carbocycles. The molecule has 0 amide bonds. The molecule has 0 radical (unpaired) electrons. The van der Waals surface area contributed by atoms with E-state index >= 15 is 0 Å². The second kappa shape index (κ2) is 9.32. The quantitative estimate of drug-likeness (QED) is 0.439. The van der Waals surface area contributed by atoms with Crippen molar-refractivity contribution in [2.24, 2.45) is 0 Å². The van der Waals surface area contributed by atoms with Gasteiger partial charge in [0.05, 0.1) is 0 Å². The molecule has 0 fully saturated rings. The number of hydrogen-bond acceptors (Lipinski definition) is 5. The molecule has 1 aromatic heterocycles. The van der Waals surface area contributed by atoms with Gasteiger partial charge in [-0.05, 0) is 38.0 Å². The second-order valence-electron chi connectivity index (χ2n) is 7.27. The fraction of sp³-hybridized carbons (Fsp3) is 0.364. The average molecular weight is 398 g/mol. The summed E-state index contributed by atoms with van der Waals surface area (Å²) >= 11 is 0. The number of H-pyrrole nitrogens is 1. The lowest BCUT2D eigenvalue weighted by Gasteiger charge is -2.17. The van der Waals surface area contributed by atoms with E-state index in [1.54, 1.807) is 38.1 Å². The summed E-state index contributed by atoms with van der Waals surface area (Å²) < 4.78 is 6.08. The van der Waals surface area contributed by atoms with Crippen LogP contribution in [0.1, 0.15) is 59.4 Å². The number of nitrogens with zero attached hydrogens (tertiary/aromatic N) is 1. The number of allylic oxidation sites excluding steroid dienone is 1. The standard InChI is InChI=1S/C22H26N2O5/c1-13(2)18-19(20(26)17-11-14(3)10-15(4)12-17)24(22(28)23-21(18)27)8-6-7-9-29-16(5)25/h6-7,10-13H,8-9H2,1-5H3,(H,23,27,28)/b7-6+. The zero-order chi connectivity index (χ0) is 21.7. The molecule has 7 heteroatoms. The second-order valence-corrected chi connectivity index (χ2v) is 7.27. The number of rotatable bonds is 7. The zero-order valence-electron chi connectivity index (χ0n) is 17.4. The lowest BCUT2D eigenvalue weighted by Crippen LogP contribution is -2.37. The molecule has 0 atom stereocenters. The van der Waals surface area contributed by atoms with Crippen molar-refractivity contribution in [1.82, 2.24) is 9.55 Å². The Hall–Kier alpha value is -3.22. The van der Waals surface area contributed by atoms with Crippen molar-refractivity contribution in [2.75, 3.05) is 6.61 Å². The number of hydrogen-bond donors (Lipinski definition) is 1. The maximum atomic E-state index is 13.4. The Kier molecular flexibility index (Phi) is 7.09. The number of aromatic nitrogens is 2. The Morgan fingerprint density at radius 3 is 2.28 bits per heavy atom. The first-order valence-electron chi connectivity index (χ1n) is 9.40. The number of aromatic amines is 1. The molecule has 0 saturated heterocycles. The highest BCUT2D eigenvalue weighted by atomic mass is 16.5. The predicted octanol–water partition coefficient (Wildman–Crippen LogP) is 2.63. The molecule has 1 aromatic carbocycles. The Morgan fingerprint density at radius 2 is 1.72 bits per heavy atom. The van der Waals surface area contributed by atoms with Crippen LogP contribution in [0.5, 0.6) is 0 Å². The smallest absolute Gasteiger partial charge is 0.329 e. The molecule has 0 saturated carbocycles. The van der Waals surface area contributed by atoms with Gasteiger partial charge < -0.3 is 4.74 Å². The van der Waals surface area contributed by atoms with E-state index in [1.165, 1.54) is 11.5 Å². The first-order valence-corrected chi connectivity index (χ1v) is 9.40. The molecule has 2 rings (SSSR count). The Labute approximate surface area is 169 Å². The third-order valence-corrected chi connectivity index (χ3v) is 4.35. The highest BCUT2D eigenvalue weighted by molar-refractivity contribution is 6.09. The molecule has 0 bridgehead atoms. The average Bonchev–Trinajstić information content (AvgIpc) is 2.60. The number of benzene rings is 1. The number of aryl methyl sites for hydroxylation is 2. The van der Waals surface area contributed by atoms with Crippen LogP contribution in [0.4, 0.5) is 0 Å². The molecule has 1 heterocycles. The van der Waals surface area contributed by atoms with Crippen LogP contribution in [-0.2, 0) is 16.1 Å². The number of carbonyl (C=O) groups excluding carboxylic acids is 2. The lowest BCUT2D eigenvalue weighted by molar-refractivity contribution is -0.139. The van der Waals surface area contributed by atoms with Gasteiger partial charge in [0.25, 0.3) is 5.56 Å². The molecule has 2 aromatic rings. The molecule has 154 valence electrons. The van der Waals surface area contributed by atoms with E-state index in [2.05, 4.69) is 4.98 Å². The molecule has 0 aliphatic heterocycles. The minimum Gasteiger partial charge on any atom is -0.462 e. The van der Waals surface area contributed by atoms with Gasteiger partial charge in [0.2, 0.25) is 5.78 Å². The van der Waals surface area contributed by atoms with Gasteiger partial charge in [-0.3, -0.25) is 23.9 Å².